The van der Waals surface area contributed by atoms with Crippen LogP contribution in [0.2, 0.25) is 0 Å². The summed E-state index contributed by atoms with van der Waals surface area (Å²) in [7, 11) is 0. The topological polar surface area (TPSA) is 102 Å². The molecule has 8 heteroatoms. The minimum atomic E-state index is -0.0607. The third-order valence-corrected chi connectivity index (χ3v) is 3.97. The third-order valence-electron chi connectivity index (χ3n) is 3.97. The highest BCUT2D eigenvalue weighted by Crippen LogP contribution is 2.04. The van der Waals surface area contributed by atoms with E-state index in [0.29, 0.717) is 18.8 Å². The van der Waals surface area contributed by atoms with E-state index in [0.717, 1.165) is 11.3 Å². The van der Waals surface area contributed by atoms with Crippen molar-refractivity contribution in [2.45, 2.75) is 26.3 Å². The highest BCUT2D eigenvalue weighted by Gasteiger charge is 2.02. The molecule has 2 N–H and O–H groups in total. The zero-order chi connectivity index (χ0) is 19.6. The Hall–Kier alpha value is -3.36. The van der Waals surface area contributed by atoms with Crippen LogP contribution in [0, 0.1) is 0 Å². The van der Waals surface area contributed by atoms with Gasteiger partial charge in [0.1, 0.15) is 5.69 Å². The fourth-order valence-electron chi connectivity index (χ4n) is 2.55. The molecule has 2 aromatic heterocycles. The Morgan fingerprint density at radius 2 is 1.39 bits per heavy atom. The highest BCUT2D eigenvalue weighted by atomic mass is 16.3. The Balaban J connectivity index is 0.000000161. The summed E-state index contributed by atoms with van der Waals surface area (Å²) in [6, 6.07) is 20.0. The average molecular weight is 378 g/mol. The number of rotatable bonds is 6. The van der Waals surface area contributed by atoms with Crippen LogP contribution in [0.25, 0.3) is 0 Å². The zero-order valence-electron chi connectivity index (χ0n) is 15.3. The standard InChI is InChI=1S/2C10H11N3O/c14-8-10-6-11-12-13(10)7-9-4-2-1-3-5-9;14-8-10-7-13(12-11-10)6-9-4-2-1-3-5-9/h1-6,14H,7-8H2;1-5,7,14H,6,8H2. The van der Waals surface area contributed by atoms with Gasteiger partial charge in [0.25, 0.3) is 0 Å². The van der Waals surface area contributed by atoms with E-state index in [9.17, 15) is 0 Å². The van der Waals surface area contributed by atoms with Crippen molar-refractivity contribution in [1.82, 2.24) is 30.0 Å². The largest absolute Gasteiger partial charge is 0.390 e. The van der Waals surface area contributed by atoms with Crippen LogP contribution < -0.4 is 0 Å². The fraction of sp³-hybridized carbons (Fsp3) is 0.200. The molecule has 0 atom stereocenters. The number of aliphatic hydroxyl groups is 2. The first-order valence-corrected chi connectivity index (χ1v) is 8.84. The van der Waals surface area contributed by atoms with Gasteiger partial charge in [0.15, 0.2) is 0 Å². The summed E-state index contributed by atoms with van der Waals surface area (Å²) in [4.78, 5) is 0. The molecule has 4 rings (SSSR count). The Kier molecular flexibility index (Phi) is 7.00. The first-order valence-electron chi connectivity index (χ1n) is 8.84. The first-order chi connectivity index (χ1) is 13.8. The molecule has 8 nitrogen and oxygen atoms in total. The van der Waals surface area contributed by atoms with Crippen molar-refractivity contribution in [3.63, 3.8) is 0 Å². The molecule has 2 heterocycles. The monoisotopic (exact) mass is 378 g/mol. The fourth-order valence-corrected chi connectivity index (χ4v) is 2.55. The number of nitrogens with zero attached hydrogens (tertiary/aromatic N) is 6. The number of aromatic nitrogens is 6. The minimum Gasteiger partial charge on any atom is -0.390 e. The van der Waals surface area contributed by atoms with Gasteiger partial charge in [-0.15, -0.1) is 10.2 Å². The molecule has 0 unspecified atom stereocenters. The van der Waals surface area contributed by atoms with Crippen LogP contribution in [0.1, 0.15) is 22.5 Å². The molecule has 0 amide bonds. The molecule has 0 radical (unpaired) electrons. The summed E-state index contributed by atoms with van der Waals surface area (Å²) in [6.07, 6.45) is 3.32. The molecule has 4 aromatic rings. The quantitative estimate of drug-likeness (QED) is 0.529. The van der Waals surface area contributed by atoms with E-state index in [1.807, 2.05) is 60.7 Å². The molecule has 0 aliphatic carbocycles. The molecule has 0 saturated heterocycles. The number of benzene rings is 2. The van der Waals surface area contributed by atoms with E-state index in [4.69, 9.17) is 10.2 Å². The lowest BCUT2D eigenvalue weighted by atomic mass is 10.2. The molecule has 0 spiro atoms. The second kappa shape index (κ2) is 10.1. The van der Waals surface area contributed by atoms with Crippen LogP contribution in [0.3, 0.4) is 0 Å². The lowest BCUT2D eigenvalue weighted by Gasteiger charge is -2.03. The zero-order valence-corrected chi connectivity index (χ0v) is 15.3. The van der Waals surface area contributed by atoms with Gasteiger partial charge in [-0.3, -0.25) is 0 Å². The maximum absolute atomic E-state index is 8.98. The van der Waals surface area contributed by atoms with Crippen LogP contribution in [0.4, 0.5) is 0 Å². The average Bonchev–Trinajstić information content (AvgIpc) is 3.39. The van der Waals surface area contributed by atoms with Crippen molar-refractivity contribution in [3.8, 4) is 0 Å². The van der Waals surface area contributed by atoms with Gasteiger partial charge in [-0.1, -0.05) is 71.1 Å². The summed E-state index contributed by atoms with van der Waals surface area (Å²) >= 11 is 0. The van der Waals surface area contributed by atoms with E-state index in [-0.39, 0.29) is 13.2 Å². The normalized spacial score (nSPS) is 10.4. The summed E-state index contributed by atoms with van der Waals surface area (Å²) in [5.74, 6) is 0. The third kappa shape index (κ3) is 5.57. The van der Waals surface area contributed by atoms with Gasteiger partial charge in [-0.05, 0) is 11.1 Å². The van der Waals surface area contributed by atoms with Crippen LogP contribution >= 0.6 is 0 Å². The second-order valence-corrected chi connectivity index (χ2v) is 6.08. The van der Waals surface area contributed by atoms with Crippen molar-refractivity contribution in [2.24, 2.45) is 0 Å². The molecule has 0 bridgehead atoms. The maximum Gasteiger partial charge on any atom is 0.108 e. The van der Waals surface area contributed by atoms with Gasteiger partial charge in [-0.25, -0.2) is 9.36 Å². The Morgan fingerprint density at radius 3 is 1.96 bits per heavy atom. The summed E-state index contributed by atoms with van der Waals surface area (Å²) in [5.41, 5.74) is 3.64. The van der Waals surface area contributed by atoms with Crippen LogP contribution in [-0.4, -0.2) is 40.2 Å². The molecule has 0 saturated carbocycles. The molecular formula is C20H22N6O2. The number of hydrogen-bond acceptors (Lipinski definition) is 6. The van der Waals surface area contributed by atoms with Gasteiger partial charge in [-0.2, -0.15) is 0 Å². The van der Waals surface area contributed by atoms with Crippen LogP contribution in [0.5, 0.6) is 0 Å². The number of hydrogen-bond donors (Lipinski definition) is 2. The van der Waals surface area contributed by atoms with Crippen LogP contribution in [-0.2, 0) is 26.3 Å². The first kappa shape index (κ1) is 19.4. The van der Waals surface area contributed by atoms with E-state index in [1.54, 1.807) is 21.8 Å². The lowest BCUT2D eigenvalue weighted by Crippen LogP contribution is -2.06. The smallest absolute Gasteiger partial charge is 0.108 e. The minimum absolute atomic E-state index is 0.0279. The Labute approximate surface area is 162 Å². The Morgan fingerprint density at radius 1 is 0.750 bits per heavy atom. The molecule has 0 aliphatic heterocycles. The highest BCUT2D eigenvalue weighted by molar-refractivity contribution is 5.16. The van der Waals surface area contributed by atoms with Gasteiger partial charge < -0.3 is 10.2 Å². The SMILES string of the molecule is OCc1cn(Cc2ccccc2)nn1.OCc1cnnn1Cc1ccccc1. The molecule has 0 fully saturated rings. The lowest BCUT2D eigenvalue weighted by molar-refractivity contribution is 0.269. The molecule has 0 aliphatic rings. The molecule has 144 valence electrons. The van der Waals surface area contributed by atoms with E-state index in [2.05, 4.69) is 20.6 Å². The predicted molar refractivity (Wildman–Crippen MR) is 103 cm³/mol. The molecule has 2 aromatic carbocycles. The van der Waals surface area contributed by atoms with E-state index < -0.39 is 0 Å². The predicted octanol–water partition coefficient (Wildman–Crippen LogP) is 1.64. The van der Waals surface area contributed by atoms with Crippen molar-refractivity contribution >= 4 is 0 Å². The molecular weight excluding hydrogens is 356 g/mol. The maximum atomic E-state index is 8.98. The van der Waals surface area contributed by atoms with Crippen LogP contribution in [0.15, 0.2) is 73.1 Å². The van der Waals surface area contributed by atoms with Gasteiger partial charge in [0.05, 0.1) is 44.4 Å². The van der Waals surface area contributed by atoms with Crippen molar-refractivity contribution in [2.75, 3.05) is 0 Å². The second-order valence-electron chi connectivity index (χ2n) is 6.08. The summed E-state index contributed by atoms with van der Waals surface area (Å²) in [6.45, 7) is 1.25. The van der Waals surface area contributed by atoms with Crippen molar-refractivity contribution in [1.29, 1.82) is 0 Å². The summed E-state index contributed by atoms with van der Waals surface area (Å²) in [5, 5.41) is 33.1. The van der Waals surface area contributed by atoms with E-state index in [1.165, 1.54) is 5.56 Å². The Bertz CT molecular complexity index is 953. The van der Waals surface area contributed by atoms with Gasteiger partial charge in [0.2, 0.25) is 0 Å². The summed E-state index contributed by atoms with van der Waals surface area (Å²) < 4.78 is 3.40. The van der Waals surface area contributed by atoms with Crippen molar-refractivity contribution in [3.05, 3.63) is 95.6 Å². The molecule has 28 heavy (non-hydrogen) atoms. The number of aliphatic hydroxyl groups excluding tert-OH is 2. The van der Waals surface area contributed by atoms with Crippen molar-refractivity contribution < 1.29 is 10.2 Å². The van der Waals surface area contributed by atoms with E-state index >= 15 is 0 Å². The van der Waals surface area contributed by atoms with Gasteiger partial charge >= 0.3 is 0 Å². The van der Waals surface area contributed by atoms with Gasteiger partial charge in [0, 0.05) is 0 Å².